The van der Waals surface area contributed by atoms with Gasteiger partial charge in [0.2, 0.25) is 0 Å². The minimum atomic E-state index is -0.478. The highest BCUT2D eigenvalue weighted by Gasteiger charge is 2.45. The zero-order valence-electron chi connectivity index (χ0n) is 54.4. The lowest BCUT2D eigenvalue weighted by molar-refractivity contribution is 0.0145. The second-order valence-electron chi connectivity index (χ2n) is 25.3. The summed E-state index contributed by atoms with van der Waals surface area (Å²) in [5.74, 6) is -0.393. The van der Waals surface area contributed by atoms with Crippen LogP contribution in [0, 0.1) is 13.8 Å². The van der Waals surface area contributed by atoms with Crippen molar-refractivity contribution in [1.29, 1.82) is 0 Å². The Hall–Kier alpha value is -6.56. The number of carbonyl (C=O) groups is 2. The average molecular weight is 1200 g/mol. The molecule has 10 rings (SSSR count). The van der Waals surface area contributed by atoms with Crippen molar-refractivity contribution in [2.24, 2.45) is 0 Å². The molecule has 7 aromatic rings. The van der Waals surface area contributed by atoms with Gasteiger partial charge in [-0.3, -0.25) is 4.79 Å². The quantitative estimate of drug-likeness (QED) is 0.0278. The number of esters is 1. The van der Waals surface area contributed by atoms with Gasteiger partial charge in [0, 0.05) is 49.4 Å². The van der Waals surface area contributed by atoms with Gasteiger partial charge in [0.1, 0.15) is 0 Å². The van der Waals surface area contributed by atoms with Crippen LogP contribution in [0.25, 0.3) is 55.6 Å². The van der Waals surface area contributed by atoms with E-state index in [9.17, 15) is 9.59 Å². The highest BCUT2D eigenvalue weighted by Crippen LogP contribution is 2.57. The van der Waals surface area contributed by atoms with Crippen LogP contribution in [0.15, 0.2) is 127 Å². The van der Waals surface area contributed by atoms with Gasteiger partial charge in [0.25, 0.3) is 0 Å². The molecule has 0 saturated carbocycles. The number of benzene rings is 7. The first kappa shape index (κ1) is 65.4. The van der Waals surface area contributed by atoms with Crippen molar-refractivity contribution in [1.82, 2.24) is 0 Å². The summed E-state index contributed by atoms with van der Waals surface area (Å²) in [5.41, 5.74) is 22.7. The Morgan fingerprint density at radius 3 is 1.27 bits per heavy atom. The van der Waals surface area contributed by atoms with E-state index in [1.54, 1.807) is 25.3 Å². The van der Waals surface area contributed by atoms with Crippen LogP contribution in [-0.4, -0.2) is 99.2 Å². The molecule has 0 aromatic heterocycles. The first-order valence-electron chi connectivity index (χ1n) is 33.4. The van der Waals surface area contributed by atoms with Gasteiger partial charge in [-0.1, -0.05) is 200 Å². The summed E-state index contributed by atoms with van der Waals surface area (Å²) in [5, 5.41) is 0. The third-order valence-corrected chi connectivity index (χ3v) is 19.4. The number of methoxy groups -OCH3 is 3. The van der Waals surface area contributed by atoms with Gasteiger partial charge in [-0.25, -0.2) is 4.79 Å². The highest BCUT2D eigenvalue weighted by molar-refractivity contribution is 6.22. The smallest absolute Gasteiger partial charge is 0.338 e. The number of rotatable bonds is 37. The molecule has 3 aliphatic rings. The normalized spacial score (nSPS) is 13.7. The number of unbranched alkanes of at least 4 members (excludes halogenated alkanes) is 10. The maximum atomic E-state index is 14.6. The molecule has 89 heavy (non-hydrogen) atoms. The van der Waals surface area contributed by atoms with E-state index in [0.717, 1.165) is 58.2 Å². The predicted octanol–water partition coefficient (Wildman–Crippen LogP) is 18.4. The number of hydrogen-bond donors (Lipinski definition) is 0. The lowest BCUT2D eigenvalue weighted by Crippen LogP contribution is -2.30. The second-order valence-corrected chi connectivity index (χ2v) is 25.3. The van der Waals surface area contributed by atoms with Gasteiger partial charge in [0.05, 0.1) is 65.5 Å². The van der Waals surface area contributed by atoms with Crippen molar-refractivity contribution < 1.29 is 42.7 Å². The van der Waals surface area contributed by atoms with E-state index >= 15 is 0 Å². The predicted molar refractivity (Wildman–Crippen MR) is 361 cm³/mol. The molecule has 0 radical (unpaired) electrons. The number of ether oxygens (including phenoxy) is 7. The Kier molecular flexibility index (Phi) is 23.1. The van der Waals surface area contributed by atoms with Gasteiger partial charge in [-0.05, 0) is 165 Å². The van der Waals surface area contributed by atoms with E-state index in [4.69, 9.17) is 33.2 Å². The molecule has 0 aliphatic heterocycles. The Labute approximate surface area is 531 Å². The molecular formula is C80H96O9. The van der Waals surface area contributed by atoms with Gasteiger partial charge < -0.3 is 33.2 Å². The number of fused-ring (bicyclic) bond motifs is 9. The minimum Gasteiger partial charge on any atom is -0.465 e. The van der Waals surface area contributed by atoms with E-state index in [2.05, 4.69) is 112 Å². The van der Waals surface area contributed by atoms with Crippen LogP contribution in [0.5, 0.6) is 0 Å². The Morgan fingerprint density at radius 1 is 0.371 bits per heavy atom. The Bertz CT molecular complexity index is 3500. The average Bonchev–Trinajstić information content (AvgIpc) is 1.66. The molecular weight excluding hydrogens is 1100 g/mol. The summed E-state index contributed by atoms with van der Waals surface area (Å²) in [6, 6.07) is 47.1. The standard InChI is InChI=1S/C80H96O9/c1-8-10-12-14-16-18-34-79(35-19-17-15-13-11-9-2)73-48-56(3)20-28-66(73)67-29-22-58(50-74(67)79)49-59-23-30-68-69-33-27-63(55-76(69)80(75(68)51-59,36-38-86-44-46-88-42-40-83-5)37-39-87-45-47-89-43-41-84-6)62-26-32-65-64-31-25-61(53-71(64)77(81)72(65)54-62)60-24-21-57(4)70(52-60)78(82)85-7/h20-33,48,50-55H,8-19,34-47,49H2,1-7H3. The van der Waals surface area contributed by atoms with Crippen LogP contribution in [0.3, 0.4) is 0 Å². The Morgan fingerprint density at radius 2 is 0.764 bits per heavy atom. The van der Waals surface area contributed by atoms with Crippen molar-refractivity contribution in [2.75, 3.05) is 87.4 Å². The fourth-order valence-electron chi connectivity index (χ4n) is 14.6. The number of carbonyl (C=O) groups excluding carboxylic acids is 2. The zero-order chi connectivity index (χ0) is 62.2. The lowest BCUT2D eigenvalue weighted by Gasteiger charge is -2.33. The molecule has 3 aliphatic carbocycles. The van der Waals surface area contributed by atoms with Crippen molar-refractivity contribution in [3.63, 3.8) is 0 Å². The summed E-state index contributed by atoms with van der Waals surface area (Å²) in [6.45, 7) is 13.9. The summed E-state index contributed by atoms with van der Waals surface area (Å²) in [6.07, 6.45) is 20.2. The van der Waals surface area contributed by atoms with Gasteiger partial charge in [0.15, 0.2) is 5.78 Å². The molecule has 0 N–H and O–H groups in total. The van der Waals surface area contributed by atoms with Crippen molar-refractivity contribution in [2.45, 2.75) is 148 Å². The second kappa shape index (κ2) is 31.5. The summed E-state index contributed by atoms with van der Waals surface area (Å²) < 4.78 is 40.3. The third-order valence-electron chi connectivity index (χ3n) is 19.4. The molecule has 0 atom stereocenters. The minimum absolute atomic E-state index is 0.00169. The molecule has 7 aromatic carbocycles. The topological polar surface area (TPSA) is 98.8 Å². The monoisotopic (exact) mass is 1200 g/mol. The largest absolute Gasteiger partial charge is 0.465 e. The maximum absolute atomic E-state index is 14.6. The number of aryl methyl sites for hydroxylation is 2. The molecule has 0 bridgehead atoms. The molecule has 0 heterocycles. The Balaban J connectivity index is 0.998. The molecule has 470 valence electrons. The van der Waals surface area contributed by atoms with E-state index < -0.39 is 5.41 Å². The molecule has 9 nitrogen and oxygen atoms in total. The molecule has 0 fully saturated rings. The van der Waals surface area contributed by atoms with Crippen LogP contribution < -0.4 is 0 Å². The molecule has 0 saturated heterocycles. The highest BCUT2D eigenvalue weighted by atomic mass is 16.5. The summed E-state index contributed by atoms with van der Waals surface area (Å²) in [4.78, 5) is 27.3. The van der Waals surface area contributed by atoms with E-state index in [1.807, 2.05) is 43.3 Å². The zero-order valence-corrected chi connectivity index (χ0v) is 54.4. The molecule has 0 spiro atoms. The van der Waals surface area contributed by atoms with Crippen LogP contribution in [0.1, 0.15) is 187 Å². The number of hydrogen-bond acceptors (Lipinski definition) is 9. The molecule has 9 heteroatoms. The van der Waals surface area contributed by atoms with Crippen LogP contribution >= 0.6 is 0 Å². The van der Waals surface area contributed by atoms with Crippen LogP contribution in [-0.2, 0) is 50.4 Å². The van der Waals surface area contributed by atoms with E-state index in [-0.39, 0.29) is 17.2 Å². The van der Waals surface area contributed by atoms with Crippen molar-refractivity contribution in [3.8, 4) is 55.6 Å². The summed E-state index contributed by atoms with van der Waals surface area (Å²) in [7, 11) is 4.77. The molecule has 0 unspecified atom stereocenters. The van der Waals surface area contributed by atoms with Gasteiger partial charge in [-0.2, -0.15) is 0 Å². The SMILES string of the molecule is CCCCCCCCC1(CCCCCCCC)c2cc(C)ccc2-c2ccc(Cc3ccc4c(c3)C(CCOCCOCCOC)(CCOCCOCCOC)c3cc(-c5ccc6c(c5)C(=O)c5cc(-c7ccc(C)c(C(=O)OC)c7)ccc5-6)ccc3-4)cc21. The third kappa shape index (κ3) is 14.8. The van der Waals surface area contributed by atoms with Gasteiger partial charge in [-0.15, -0.1) is 0 Å². The maximum Gasteiger partial charge on any atom is 0.338 e. The fourth-order valence-corrected chi connectivity index (χ4v) is 14.6. The van der Waals surface area contributed by atoms with Crippen molar-refractivity contribution >= 4 is 11.8 Å². The van der Waals surface area contributed by atoms with E-state index in [0.29, 0.717) is 82.8 Å². The van der Waals surface area contributed by atoms with E-state index in [1.165, 1.54) is 147 Å². The van der Waals surface area contributed by atoms with Crippen molar-refractivity contribution in [3.05, 3.63) is 189 Å². The molecule has 0 amide bonds. The van der Waals surface area contributed by atoms with Crippen LogP contribution in [0.2, 0.25) is 0 Å². The fraction of sp³-hybridized carbons (Fsp3) is 0.450. The van der Waals surface area contributed by atoms with Crippen LogP contribution in [0.4, 0.5) is 0 Å². The number of ketones is 1. The summed E-state index contributed by atoms with van der Waals surface area (Å²) >= 11 is 0. The van der Waals surface area contributed by atoms with Gasteiger partial charge >= 0.3 is 5.97 Å². The first-order valence-corrected chi connectivity index (χ1v) is 33.4. The lowest BCUT2D eigenvalue weighted by atomic mass is 9.70. The first-order chi connectivity index (χ1) is 43.6.